The van der Waals surface area contributed by atoms with E-state index in [1.807, 2.05) is 36.2 Å². The van der Waals surface area contributed by atoms with Crippen LogP contribution in [0.1, 0.15) is 29.7 Å². The van der Waals surface area contributed by atoms with Crippen molar-refractivity contribution in [1.29, 1.82) is 0 Å². The number of aliphatic hydroxyl groups is 1. The molecule has 1 N–H and O–H groups in total. The maximum atomic E-state index is 13.7. The van der Waals surface area contributed by atoms with Gasteiger partial charge in [0.05, 0.1) is 6.10 Å². The molecule has 2 aromatic rings. The molecule has 0 fully saturated rings. The largest absolute Gasteiger partial charge is 0.389 e. The molecule has 0 spiro atoms. The van der Waals surface area contributed by atoms with Gasteiger partial charge in [-0.05, 0) is 49.2 Å². The molecule has 0 bridgehead atoms. The fourth-order valence-corrected chi connectivity index (χ4v) is 2.56. The van der Waals surface area contributed by atoms with Crippen molar-refractivity contribution in [2.24, 2.45) is 0 Å². The van der Waals surface area contributed by atoms with Crippen LogP contribution in [-0.4, -0.2) is 12.2 Å². The molecule has 0 radical (unpaired) electrons. The zero-order valence-corrected chi connectivity index (χ0v) is 14.0. The minimum Gasteiger partial charge on any atom is -0.389 e. The van der Waals surface area contributed by atoms with Gasteiger partial charge < -0.3 is 10.0 Å². The Balaban J connectivity index is 2.31. The molecule has 0 saturated carbocycles. The van der Waals surface area contributed by atoms with Crippen LogP contribution in [0.5, 0.6) is 0 Å². The second kappa shape index (κ2) is 6.58. The summed E-state index contributed by atoms with van der Waals surface area (Å²) in [4.78, 5) is 2.03. The van der Waals surface area contributed by atoms with Crippen LogP contribution < -0.4 is 4.90 Å². The predicted octanol–water partition coefficient (Wildman–Crippen LogP) is 4.59. The molecule has 0 aromatic heterocycles. The highest BCUT2D eigenvalue weighted by molar-refractivity contribution is 9.10. The number of aryl methyl sites for hydroxylation is 1. The number of benzene rings is 2. The highest BCUT2D eigenvalue weighted by Gasteiger charge is 2.15. The van der Waals surface area contributed by atoms with Crippen LogP contribution in [-0.2, 0) is 6.54 Å². The lowest BCUT2D eigenvalue weighted by Crippen LogP contribution is -2.19. The molecular weight excluding hydrogens is 333 g/mol. The van der Waals surface area contributed by atoms with Crippen molar-refractivity contribution in [2.45, 2.75) is 26.5 Å². The number of hydrogen-bond donors (Lipinski definition) is 1. The van der Waals surface area contributed by atoms with Crippen LogP contribution >= 0.6 is 15.9 Å². The van der Waals surface area contributed by atoms with Crippen LogP contribution in [0.3, 0.4) is 0 Å². The molecule has 1 atom stereocenters. The van der Waals surface area contributed by atoms with E-state index in [2.05, 4.69) is 15.9 Å². The molecule has 0 aliphatic carbocycles. The molecule has 21 heavy (non-hydrogen) atoms. The number of anilines is 1. The maximum absolute atomic E-state index is 13.7. The quantitative estimate of drug-likeness (QED) is 0.870. The van der Waals surface area contributed by atoms with Crippen molar-refractivity contribution in [2.75, 3.05) is 11.9 Å². The van der Waals surface area contributed by atoms with Crippen molar-refractivity contribution >= 4 is 21.6 Å². The molecule has 0 unspecified atom stereocenters. The fraction of sp³-hybridized carbons (Fsp3) is 0.294. The predicted molar refractivity (Wildman–Crippen MR) is 88.0 cm³/mol. The summed E-state index contributed by atoms with van der Waals surface area (Å²) in [7, 11) is 1.95. The summed E-state index contributed by atoms with van der Waals surface area (Å²) in [5, 5.41) is 9.87. The molecule has 0 saturated heterocycles. The number of aliphatic hydroxyl groups excluding tert-OH is 1. The zero-order chi connectivity index (χ0) is 15.6. The minimum atomic E-state index is -0.706. The molecule has 0 amide bonds. The van der Waals surface area contributed by atoms with Gasteiger partial charge in [-0.1, -0.05) is 28.1 Å². The number of nitrogens with zero attached hydrogens (tertiary/aromatic N) is 1. The van der Waals surface area contributed by atoms with Crippen LogP contribution in [0.2, 0.25) is 0 Å². The third-order valence-corrected chi connectivity index (χ3v) is 4.03. The maximum Gasteiger partial charge on any atom is 0.126 e. The first-order valence-corrected chi connectivity index (χ1v) is 7.61. The van der Waals surface area contributed by atoms with Gasteiger partial charge in [0.2, 0.25) is 0 Å². The summed E-state index contributed by atoms with van der Waals surface area (Å²) in [6.45, 7) is 4.08. The first kappa shape index (κ1) is 16.0. The van der Waals surface area contributed by atoms with Gasteiger partial charge in [-0.2, -0.15) is 0 Å². The second-order valence-electron chi connectivity index (χ2n) is 5.32. The highest BCUT2D eigenvalue weighted by Crippen LogP contribution is 2.29. The van der Waals surface area contributed by atoms with Crippen molar-refractivity contribution < 1.29 is 9.50 Å². The lowest BCUT2D eigenvalue weighted by atomic mass is 10.0. The van der Waals surface area contributed by atoms with E-state index in [0.717, 1.165) is 15.7 Å². The summed E-state index contributed by atoms with van der Waals surface area (Å²) in [5.74, 6) is -0.285. The van der Waals surface area contributed by atoms with Crippen LogP contribution in [0.15, 0.2) is 40.9 Å². The van der Waals surface area contributed by atoms with E-state index in [9.17, 15) is 9.50 Å². The van der Waals surface area contributed by atoms with Crippen molar-refractivity contribution in [3.8, 4) is 0 Å². The summed E-state index contributed by atoms with van der Waals surface area (Å²) in [6, 6.07) is 11.3. The smallest absolute Gasteiger partial charge is 0.126 e. The fourth-order valence-electron chi connectivity index (χ4n) is 2.30. The Morgan fingerprint density at radius 1 is 1.24 bits per heavy atom. The average molecular weight is 352 g/mol. The van der Waals surface area contributed by atoms with Gasteiger partial charge in [0.15, 0.2) is 0 Å². The number of rotatable bonds is 4. The van der Waals surface area contributed by atoms with Crippen molar-refractivity contribution in [3.05, 3.63) is 63.4 Å². The van der Waals surface area contributed by atoms with E-state index in [0.29, 0.717) is 17.7 Å². The molecule has 4 heteroatoms. The van der Waals surface area contributed by atoms with E-state index in [4.69, 9.17) is 0 Å². The average Bonchev–Trinajstić information content (AvgIpc) is 2.43. The third kappa shape index (κ3) is 3.83. The van der Waals surface area contributed by atoms with E-state index in [1.165, 1.54) is 6.07 Å². The Bertz CT molecular complexity index is 625. The minimum absolute atomic E-state index is 0.285. The highest BCUT2D eigenvalue weighted by atomic mass is 79.9. The second-order valence-corrected chi connectivity index (χ2v) is 6.23. The van der Waals surface area contributed by atoms with Crippen molar-refractivity contribution in [3.63, 3.8) is 0 Å². The normalized spacial score (nSPS) is 12.3. The lowest BCUT2D eigenvalue weighted by Gasteiger charge is -2.24. The van der Waals surface area contributed by atoms with Gasteiger partial charge in [0.25, 0.3) is 0 Å². The van der Waals surface area contributed by atoms with Gasteiger partial charge in [0, 0.05) is 29.3 Å². The molecule has 0 aliphatic rings. The lowest BCUT2D eigenvalue weighted by molar-refractivity contribution is 0.199. The summed E-state index contributed by atoms with van der Waals surface area (Å²) in [5.41, 5.74) is 3.20. The van der Waals surface area contributed by atoms with Crippen LogP contribution in [0, 0.1) is 12.7 Å². The van der Waals surface area contributed by atoms with Gasteiger partial charge >= 0.3 is 0 Å². The summed E-state index contributed by atoms with van der Waals surface area (Å²) in [6.07, 6.45) is -0.706. The van der Waals surface area contributed by atoms with Crippen LogP contribution in [0.25, 0.3) is 0 Å². The van der Waals surface area contributed by atoms with Gasteiger partial charge in [0.1, 0.15) is 5.82 Å². The zero-order valence-electron chi connectivity index (χ0n) is 12.4. The molecule has 2 aromatic carbocycles. The van der Waals surface area contributed by atoms with Gasteiger partial charge in [-0.3, -0.25) is 0 Å². The van der Waals surface area contributed by atoms with E-state index in [1.54, 1.807) is 19.9 Å². The van der Waals surface area contributed by atoms with E-state index < -0.39 is 6.10 Å². The Kier molecular flexibility index (Phi) is 5.01. The first-order valence-electron chi connectivity index (χ1n) is 6.82. The monoisotopic (exact) mass is 351 g/mol. The topological polar surface area (TPSA) is 23.5 Å². The Morgan fingerprint density at radius 2 is 1.86 bits per heavy atom. The van der Waals surface area contributed by atoms with E-state index >= 15 is 0 Å². The molecule has 2 rings (SSSR count). The molecule has 112 valence electrons. The SMILES string of the molecule is Cc1cc(N(C)Cc2ccc(Br)cc2)c([C@@H](C)O)cc1F. The Labute approximate surface area is 133 Å². The summed E-state index contributed by atoms with van der Waals surface area (Å²) >= 11 is 3.42. The van der Waals surface area contributed by atoms with Crippen LogP contribution in [0.4, 0.5) is 10.1 Å². The van der Waals surface area contributed by atoms with Gasteiger partial charge in [-0.25, -0.2) is 4.39 Å². The standard InChI is InChI=1S/C17H19BrFNO/c1-11-8-17(15(12(2)21)9-16(11)19)20(3)10-13-4-6-14(18)7-5-13/h4-9,12,21H,10H2,1-3H3/t12-/m1/s1. The van der Waals surface area contributed by atoms with E-state index in [-0.39, 0.29) is 5.82 Å². The molecule has 0 heterocycles. The Morgan fingerprint density at radius 3 is 2.43 bits per heavy atom. The third-order valence-electron chi connectivity index (χ3n) is 3.50. The first-order chi connectivity index (χ1) is 9.88. The molecule has 0 aliphatic heterocycles. The van der Waals surface area contributed by atoms with Gasteiger partial charge in [-0.15, -0.1) is 0 Å². The van der Waals surface area contributed by atoms with Crippen molar-refractivity contribution in [1.82, 2.24) is 0 Å². The molecular formula is C17H19BrFNO. The summed E-state index contributed by atoms with van der Waals surface area (Å²) < 4.78 is 14.8. The Hall–Kier alpha value is -1.39. The molecule has 2 nitrogen and oxygen atoms in total. The number of halogens is 2. The number of hydrogen-bond acceptors (Lipinski definition) is 2.